The highest BCUT2D eigenvalue weighted by atomic mass is 16.7. The quantitative estimate of drug-likeness (QED) is 0.595. The van der Waals surface area contributed by atoms with E-state index in [1.165, 1.54) is 26.1 Å². The number of hydroxylamine groups is 2. The molecule has 0 bridgehead atoms. The minimum absolute atomic E-state index is 0.465. The largest absolute Gasteiger partial charge is 0.480 e. The number of carbonyl (C=O) groups excluding carboxylic acids is 1. The Hall–Kier alpha value is -1.30. The molecule has 0 fully saturated rings. The average molecular weight is 176 g/mol. The highest BCUT2D eigenvalue weighted by molar-refractivity contribution is 5.78. The van der Waals surface area contributed by atoms with Crippen LogP contribution < -0.4 is 0 Å². The summed E-state index contributed by atoms with van der Waals surface area (Å²) in [5.41, 5.74) is 0. The highest BCUT2D eigenvalue weighted by Gasteiger charge is 2.17. The van der Waals surface area contributed by atoms with Gasteiger partial charge in [-0.1, -0.05) is 0 Å². The monoisotopic (exact) mass is 176 g/mol. The summed E-state index contributed by atoms with van der Waals surface area (Å²) in [5.74, 6) is -1.12. The molecule has 6 nitrogen and oxygen atoms in total. The van der Waals surface area contributed by atoms with E-state index in [0.29, 0.717) is 0 Å². The van der Waals surface area contributed by atoms with Crippen LogP contribution in [-0.2, 0) is 9.63 Å². The molecule has 0 spiro atoms. The van der Waals surface area contributed by atoms with Gasteiger partial charge in [-0.05, 0) is 0 Å². The number of nitrogens with zero attached hydrogens (tertiary/aromatic N) is 2. The molecule has 0 heterocycles. The topological polar surface area (TPSA) is 70.1 Å². The van der Waals surface area contributed by atoms with E-state index in [9.17, 15) is 9.59 Å². The number of rotatable bonds is 3. The molecule has 0 atom stereocenters. The van der Waals surface area contributed by atoms with E-state index in [1.54, 1.807) is 0 Å². The summed E-state index contributed by atoms with van der Waals surface area (Å²) < 4.78 is 0. The van der Waals surface area contributed by atoms with Gasteiger partial charge in [0.2, 0.25) is 0 Å². The number of urea groups is 1. The summed E-state index contributed by atoms with van der Waals surface area (Å²) in [5, 5.41) is 9.11. The Morgan fingerprint density at radius 1 is 1.42 bits per heavy atom. The van der Waals surface area contributed by atoms with Gasteiger partial charge in [0.05, 0.1) is 7.11 Å². The predicted octanol–water partition coefficient (Wildman–Crippen LogP) is -0.384. The summed E-state index contributed by atoms with van der Waals surface area (Å²) in [6, 6.07) is -0.500. The SMILES string of the molecule is CON(CC(=O)O)C(=O)N(C)C. The smallest absolute Gasteiger partial charge is 0.343 e. The fourth-order valence-electron chi connectivity index (χ4n) is 0.556. The van der Waals surface area contributed by atoms with Gasteiger partial charge in [0.25, 0.3) is 0 Å². The number of amides is 2. The second-order valence-electron chi connectivity index (χ2n) is 2.29. The van der Waals surface area contributed by atoms with Gasteiger partial charge in [-0.3, -0.25) is 9.63 Å². The van der Waals surface area contributed by atoms with Crippen molar-refractivity contribution in [2.24, 2.45) is 0 Å². The van der Waals surface area contributed by atoms with E-state index < -0.39 is 18.5 Å². The number of hydrogen-bond donors (Lipinski definition) is 1. The first kappa shape index (κ1) is 10.7. The summed E-state index contributed by atoms with van der Waals surface area (Å²) in [7, 11) is 4.26. The third kappa shape index (κ3) is 3.20. The molecule has 0 saturated heterocycles. The Bertz CT molecular complexity index is 180. The molecular formula is C6H12N2O4. The third-order valence-electron chi connectivity index (χ3n) is 1.10. The molecule has 1 N–H and O–H groups in total. The zero-order valence-electron chi connectivity index (χ0n) is 7.27. The zero-order chi connectivity index (χ0) is 9.72. The van der Waals surface area contributed by atoms with E-state index >= 15 is 0 Å². The summed E-state index contributed by atoms with van der Waals surface area (Å²) >= 11 is 0. The molecular weight excluding hydrogens is 164 g/mol. The molecule has 0 saturated carbocycles. The second-order valence-corrected chi connectivity index (χ2v) is 2.29. The number of carbonyl (C=O) groups is 2. The standard InChI is InChI=1S/C6H12N2O4/c1-7(2)6(11)8(12-3)4-5(9)10/h4H2,1-3H3,(H,9,10). The van der Waals surface area contributed by atoms with Crippen LogP contribution in [0.15, 0.2) is 0 Å². The molecule has 0 radical (unpaired) electrons. The van der Waals surface area contributed by atoms with Crippen molar-refractivity contribution in [2.75, 3.05) is 27.7 Å². The summed E-state index contributed by atoms with van der Waals surface area (Å²) in [4.78, 5) is 27.1. The Kier molecular flexibility index (Phi) is 4.06. The maximum Gasteiger partial charge on any atom is 0.343 e. The van der Waals surface area contributed by atoms with E-state index in [-0.39, 0.29) is 0 Å². The molecule has 6 heteroatoms. The molecule has 0 aromatic rings. The Morgan fingerprint density at radius 3 is 2.17 bits per heavy atom. The van der Waals surface area contributed by atoms with Gasteiger partial charge in [0.15, 0.2) is 0 Å². The van der Waals surface area contributed by atoms with Gasteiger partial charge >= 0.3 is 12.0 Å². The van der Waals surface area contributed by atoms with E-state index in [0.717, 1.165) is 5.06 Å². The molecule has 70 valence electrons. The minimum atomic E-state index is -1.12. The molecule has 12 heavy (non-hydrogen) atoms. The highest BCUT2D eigenvalue weighted by Crippen LogP contribution is 1.93. The van der Waals surface area contributed by atoms with Gasteiger partial charge in [-0.25, -0.2) is 4.79 Å². The maximum absolute atomic E-state index is 11.1. The van der Waals surface area contributed by atoms with Crippen LogP contribution in [0.5, 0.6) is 0 Å². The van der Waals surface area contributed by atoms with Gasteiger partial charge in [-0.2, -0.15) is 5.06 Å². The van der Waals surface area contributed by atoms with Crippen LogP contribution in [0.2, 0.25) is 0 Å². The lowest BCUT2D eigenvalue weighted by Crippen LogP contribution is -2.41. The van der Waals surface area contributed by atoms with Crippen molar-refractivity contribution in [3.05, 3.63) is 0 Å². The van der Waals surface area contributed by atoms with Crippen LogP contribution >= 0.6 is 0 Å². The van der Waals surface area contributed by atoms with Crippen LogP contribution in [-0.4, -0.2) is 54.8 Å². The Balaban J connectivity index is 4.15. The van der Waals surface area contributed by atoms with Crippen molar-refractivity contribution in [3.63, 3.8) is 0 Å². The van der Waals surface area contributed by atoms with Crippen LogP contribution in [0, 0.1) is 0 Å². The Morgan fingerprint density at radius 2 is 1.92 bits per heavy atom. The second kappa shape index (κ2) is 4.55. The first-order valence-electron chi connectivity index (χ1n) is 3.23. The Labute approximate surface area is 70.3 Å². The minimum Gasteiger partial charge on any atom is -0.480 e. The maximum atomic E-state index is 11.1. The average Bonchev–Trinajstić information content (AvgIpc) is 1.98. The molecule has 0 aliphatic rings. The number of aliphatic carboxylic acids is 1. The molecule has 0 aromatic carbocycles. The lowest BCUT2D eigenvalue weighted by atomic mass is 10.6. The van der Waals surface area contributed by atoms with Gasteiger partial charge in [-0.15, -0.1) is 0 Å². The fraction of sp³-hybridized carbons (Fsp3) is 0.667. The molecule has 0 aliphatic carbocycles. The van der Waals surface area contributed by atoms with Gasteiger partial charge in [0, 0.05) is 14.1 Å². The molecule has 0 rings (SSSR count). The lowest BCUT2D eigenvalue weighted by molar-refractivity contribution is -0.151. The van der Waals surface area contributed by atoms with Crippen molar-refractivity contribution in [3.8, 4) is 0 Å². The predicted molar refractivity (Wildman–Crippen MR) is 40.4 cm³/mol. The van der Waals surface area contributed by atoms with Gasteiger partial charge in [0.1, 0.15) is 6.54 Å². The fourth-order valence-corrected chi connectivity index (χ4v) is 0.556. The summed E-state index contributed by atoms with van der Waals surface area (Å²) in [6.07, 6.45) is 0. The first-order valence-corrected chi connectivity index (χ1v) is 3.23. The van der Waals surface area contributed by atoms with Crippen LogP contribution in [0.3, 0.4) is 0 Å². The third-order valence-corrected chi connectivity index (χ3v) is 1.10. The number of carboxylic acids is 1. The van der Waals surface area contributed by atoms with Crippen LogP contribution in [0.1, 0.15) is 0 Å². The van der Waals surface area contributed by atoms with Crippen LogP contribution in [0.25, 0.3) is 0 Å². The number of carboxylic acid groups (broad SMARTS) is 1. The van der Waals surface area contributed by atoms with Crippen molar-refractivity contribution in [2.45, 2.75) is 0 Å². The van der Waals surface area contributed by atoms with Crippen LogP contribution in [0.4, 0.5) is 4.79 Å². The molecule has 0 aliphatic heterocycles. The van der Waals surface area contributed by atoms with E-state index in [1.807, 2.05) is 0 Å². The number of hydrogen-bond acceptors (Lipinski definition) is 3. The van der Waals surface area contributed by atoms with Crippen molar-refractivity contribution in [1.82, 2.24) is 9.96 Å². The molecule has 2 amide bonds. The zero-order valence-corrected chi connectivity index (χ0v) is 7.27. The normalized spacial score (nSPS) is 9.25. The van der Waals surface area contributed by atoms with Crippen molar-refractivity contribution >= 4 is 12.0 Å². The first-order chi connectivity index (χ1) is 5.49. The van der Waals surface area contributed by atoms with E-state index in [4.69, 9.17) is 5.11 Å². The summed E-state index contributed by atoms with van der Waals surface area (Å²) in [6.45, 7) is -0.465. The van der Waals surface area contributed by atoms with Crippen molar-refractivity contribution in [1.29, 1.82) is 0 Å². The van der Waals surface area contributed by atoms with Gasteiger partial charge < -0.3 is 10.0 Å². The molecule has 0 aromatic heterocycles. The molecule has 0 unspecified atom stereocenters. The lowest BCUT2D eigenvalue weighted by Gasteiger charge is -2.21. The van der Waals surface area contributed by atoms with E-state index in [2.05, 4.69) is 4.84 Å². The van der Waals surface area contributed by atoms with Crippen molar-refractivity contribution < 1.29 is 19.5 Å².